The molecule has 0 saturated carbocycles. The van der Waals surface area contributed by atoms with Gasteiger partial charge in [0.05, 0.1) is 6.61 Å². The molecule has 4 aromatic rings. The number of aromatic nitrogens is 4. The minimum atomic E-state index is -0.494. The van der Waals surface area contributed by atoms with Gasteiger partial charge in [0, 0.05) is 52.4 Å². The molecule has 1 aliphatic heterocycles. The normalized spacial score (nSPS) is 16.3. The van der Waals surface area contributed by atoms with E-state index in [-0.39, 0.29) is 11.7 Å². The fourth-order valence-corrected chi connectivity index (χ4v) is 4.34. The summed E-state index contributed by atoms with van der Waals surface area (Å²) in [5, 5.41) is 4.92. The van der Waals surface area contributed by atoms with Gasteiger partial charge in [0.1, 0.15) is 11.9 Å². The van der Waals surface area contributed by atoms with Crippen LogP contribution in [0.3, 0.4) is 0 Å². The molecule has 0 unspecified atom stereocenters. The van der Waals surface area contributed by atoms with Crippen molar-refractivity contribution < 1.29 is 9.13 Å². The van der Waals surface area contributed by atoms with Gasteiger partial charge < -0.3 is 9.64 Å². The third-order valence-electron chi connectivity index (χ3n) is 6.15. The van der Waals surface area contributed by atoms with Crippen LogP contribution in [0.5, 0.6) is 0 Å². The zero-order valence-electron chi connectivity index (χ0n) is 19.0. The smallest absolute Gasteiger partial charge is 0.277 e. The summed E-state index contributed by atoms with van der Waals surface area (Å²) in [5.41, 5.74) is 3.80. The number of halogens is 2. The summed E-state index contributed by atoms with van der Waals surface area (Å²) in [4.78, 5) is 24.0. The fraction of sp³-hybridized carbons (Fsp3) is 0.280. The Balaban J connectivity index is 1.66. The van der Waals surface area contributed by atoms with Crippen LogP contribution in [-0.2, 0) is 4.74 Å². The van der Waals surface area contributed by atoms with Crippen molar-refractivity contribution in [1.29, 1.82) is 0 Å². The molecule has 0 spiro atoms. The van der Waals surface area contributed by atoms with Crippen LogP contribution in [0.2, 0.25) is 5.02 Å². The summed E-state index contributed by atoms with van der Waals surface area (Å²) < 4.78 is 22.3. The Labute approximate surface area is 200 Å². The monoisotopic (exact) mass is 479 g/mol. The molecule has 0 aliphatic carbocycles. The molecule has 0 N–H and O–H groups in total. The van der Waals surface area contributed by atoms with Gasteiger partial charge >= 0.3 is 0 Å². The Morgan fingerprint density at radius 2 is 1.94 bits per heavy atom. The number of pyridine rings is 1. The van der Waals surface area contributed by atoms with Crippen LogP contribution in [0, 0.1) is 26.6 Å². The van der Waals surface area contributed by atoms with Gasteiger partial charge in [-0.15, -0.1) is 5.10 Å². The largest absolute Gasteiger partial charge is 0.370 e. The zero-order valence-corrected chi connectivity index (χ0v) is 19.8. The van der Waals surface area contributed by atoms with Gasteiger partial charge in [0.2, 0.25) is 0 Å². The van der Waals surface area contributed by atoms with Crippen LogP contribution in [0.15, 0.2) is 47.4 Å². The van der Waals surface area contributed by atoms with E-state index in [1.807, 2.05) is 24.0 Å². The van der Waals surface area contributed by atoms with E-state index in [0.29, 0.717) is 58.6 Å². The molecule has 4 heterocycles. The Morgan fingerprint density at radius 1 is 1.12 bits per heavy atom. The summed E-state index contributed by atoms with van der Waals surface area (Å²) in [5.74, 6) is 0.0502. The van der Waals surface area contributed by atoms with Gasteiger partial charge in [-0.25, -0.2) is 9.37 Å². The lowest BCUT2D eigenvalue weighted by atomic mass is 10.1. The van der Waals surface area contributed by atoms with E-state index in [1.54, 1.807) is 38.2 Å². The molecule has 1 aromatic carbocycles. The molecule has 174 valence electrons. The Morgan fingerprint density at radius 3 is 2.71 bits per heavy atom. The quantitative estimate of drug-likeness (QED) is 0.432. The molecule has 1 aliphatic rings. The predicted molar refractivity (Wildman–Crippen MR) is 129 cm³/mol. The molecule has 34 heavy (non-hydrogen) atoms. The number of hydrogen-bond donors (Lipinski definition) is 0. The van der Waals surface area contributed by atoms with Gasteiger partial charge in [-0.1, -0.05) is 11.6 Å². The first-order chi connectivity index (χ1) is 16.3. The van der Waals surface area contributed by atoms with E-state index in [9.17, 15) is 9.18 Å². The second-order valence-electron chi connectivity index (χ2n) is 8.44. The van der Waals surface area contributed by atoms with Crippen LogP contribution in [-0.4, -0.2) is 39.3 Å². The average Bonchev–Trinajstić information content (AvgIpc) is 2.82. The van der Waals surface area contributed by atoms with Crippen LogP contribution >= 0.6 is 11.6 Å². The second kappa shape index (κ2) is 8.77. The number of rotatable bonds is 3. The number of aryl methyl sites for hydroxylation is 2. The number of benzene rings is 1. The van der Waals surface area contributed by atoms with Gasteiger partial charge in [0.25, 0.3) is 5.56 Å². The third-order valence-corrected chi connectivity index (χ3v) is 6.39. The van der Waals surface area contributed by atoms with Crippen LogP contribution in [0.4, 0.5) is 10.2 Å². The maximum absolute atomic E-state index is 15.0. The van der Waals surface area contributed by atoms with E-state index in [2.05, 4.69) is 15.1 Å². The number of fused-ring (bicyclic) bond motifs is 1. The van der Waals surface area contributed by atoms with Crippen LogP contribution in [0.1, 0.15) is 28.6 Å². The van der Waals surface area contributed by atoms with Crippen molar-refractivity contribution >= 4 is 23.1 Å². The first-order valence-electron chi connectivity index (χ1n) is 11.0. The summed E-state index contributed by atoms with van der Waals surface area (Å²) in [6, 6.07) is 10.2. The number of morpholine rings is 1. The topological polar surface area (TPSA) is 72.6 Å². The van der Waals surface area contributed by atoms with Crippen LogP contribution in [0.25, 0.3) is 16.8 Å². The summed E-state index contributed by atoms with van der Waals surface area (Å²) in [6.07, 6.45) is 1.58. The molecule has 0 amide bonds. The second-order valence-corrected chi connectivity index (χ2v) is 8.88. The Hall–Kier alpha value is -3.36. The van der Waals surface area contributed by atoms with E-state index in [1.165, 1.54) is 10.6 Å². The van der Waals surface area contributed by atoms with Gasteiger partial charge in [-0.2, -0.15) is 4.52 Å². The predicted octanol–water partition coefficient (Wildman–Crippen LogP) is 4.45. The molecule has 0 bridgehead atoms. The molecule has 3 aromatic heterocycles. The standard InChI is InChI=1S/C25H23ClFN5O2/c1-14-10-17(6-7-28-14)22-13-31(8-9-34-22)23-12-20(19-5-4-18(26)11-21(19)27)24-29-16(3)15(2)25(33)32(24)30-23/h4-7,10-12,22H,8-9,13H2,1-3H3/t22-/m1/s1. The molecular formula is C25H23ClFN5O2. The molecule has 1 atom stereocenters. The molecule has 7 nitrogen and oxygen atoms in total. The fourth-order valence-electron chi connectivity index (χ4n) is 4.18. The highest BCUT2D eigenvalue weighted by atomic mass is 35.5. The summed E-state index contributed by atoms with van der Waals surface area (Å²) in [7, 11) is 0. The molecule has 9 heteroatoms. The highest BCUT2D eigenvalue weighted by molar-refractivity contribution is 6.30. The Bertz CT molecular complexity index is 1470. The Kier molecular flexibility index (Phi) is 5.79. The third kappa shape index (κ3) is 4.03. The molecule has 1 saturated heterocycles. The van der Waals surface area contributed by atoms with Crippen molar-refractivity contribution in [1.82, 2.24) is 19.6 Å². The highest BCUT2D eigenvalue weighted by Crippen LogP contribution is 2.32. The van der Waals surface area contributed by atoms with Gasteiger partial charge in [-0.05, 0) is 62.7 Å². The number of anilines is 1. The average molecular weight is 480 g/mol. The van der Waals surface area contributed by atoms with Crippen molar-refractivity contribution in [2.24, 2.45) is 0 Å². The lowest BCUT2D eigenvalue weighted by Gasteiger charge is -2.34. The number of nitrogens with zero attached hydrogens (tertiary/aromatic N) is 5. The SMILES string of the molecule is Cc1cc([C@H]2CN(c3cc(-c4ccc(Cl)cc4F)c4nc(C)c(C)c(=O)n4n3)CCO2)ccn1. The van der Waals surface area contributed by atoms with Crippen molar-refractivity contribution in [2.45, 2.75) is 26.9 Å². The summed E-state index contributed by atoms with van der Waals surface area (Å²) in [6.45, 7) is 6.99. The minimum absolute atomic E-state index is 0.182. The summed E-state index contributed by atoms with van der Waals surface area (Å²) >= 11 is 5.98. The van der Waals surface area contributed by atoms with E-state index >= 15 is 0 Å². The van der Waals surface area contributed by atoms with Crippen molar-refractivity contribution in [2.75, 3.05) is 24.6 Å². The van der Waals surface area contributed by atoms with E-state index in [0.717, 1.165) is 11.3 Å². The molecule has 1 fully saturated rings. The minimum Gasteiger partial charge on any atom is -0.370 e. The van der Waals surface area contributed by atoms with E-state index in [4.69, 9.17) is 16.3 Å². The van der Waals surface area contributed by atoms with Gasteiger partial charge in [0.15, 0.2) is 11.5 Å². The first kappa shape index (κ1) is 22.4. The molecular weight excluding hydrogens is 457 g/mol. The first-order valence-corrected chi connectivity index (χ1v) is 11.4. The van der Waals surface area contributed by atoms with Crippen molar-refractivity contribution in [3.63, 3.8) is 0 Å². The lowest BCUT2D eigenvalue weighted by molar-refractivity contribution is 0.0393. The van der Waals surface area contributed by atoms with Crippen molar-refractivity contribution in [3.05, 3.63) is 86.3 Å². The zero-order chi connectivity index (χ0) is 24.0. The van der Waals surface area contributed by atoms with Gasteiger partial charge in [-0.3, -0.25) is 9.78 Å². The number of ether oxygens (including phenoxy) is 1. The maximum atomic E-state index is 15.0. The lowest BCUT2D eigenvalue weighted by Crippen LogP contribution is -2.39. The molecule has 5 rings (SSSR count). The van der Waals surface area contributed by atoms with Crippen molar-refractivity contribution in [3.8, 4) is 11.1 Å². The number of hydrogen-bond acceptors (Lipinski definition) is 6. The highest BCUT2D eigenvalue weighted by Gasteiger charge is 2.25. The maximum Gasteiger partial charge on any atom is 0.277 e. The van der Waals surface area contributed by atoms with Crippen LogP contribution < -0.4 is 10.5 Å². The molecule has 0 radical (unpaired) electrons. The van der Waals surface area contributed by atoms with E-state index < -0.39 is 5.82 Å².